The largest absolute Gasteiger partial charge is 0.478 e. The number of hydrogen-bond acceptors (Lipinski definition) is 6. The van der Waals surface area contributed by atoms with Gasteiger partial charge in [0.2, 0.25) is 0 Å². The van der Waals surface area contributed by atoms with Crippen LogP contribution in [0, 0.1) is 11.3 Å². The predicted molar refractivity (Wildman–Crippen MR) is 116 cm³/mol. The molecule has 2 amide bonds. The standard InChI is InChI=1S/C22H20F5N5O4/c1-2-14-15(11-28)18(30-17(22(25,26)27)16(14)19(33)34)31-7-9-32(10-8-31)21(35)29-12-3-5-13(6-4-12)36-20(23)24/h3-6,20H,2,7-10H2,1H3,(H,29,35)(H,33,34). The van der Waals surface area contributed by atoms with Crippen molar-refractivity contribution in [1.29, 1.82) is 5.26 Å². The molecule has 0 unspecified atom stereocenters. The van der Waals surface area contributed by atoms with Crippen molar-refractivity contribution < 1.29 is 41.4 Å². The molecule has 0 aliphatic carbocycles. The molecule has 3 rings (SSSR count). The first kappa shape index (κ1) is 26.5. The average Bonchev–Trinajstić information content (AvgIpc) is 2.82. The number of hydrogen-bond donors (Lipinski definition) is 2. The molecule has 0 atom stereocenters. The highest BCUT2D eigenvalue weighted by Crippen LogP contribution is 2.37. The van der Waals surface area contributed by atoms with Gasteiger partial charge in [0.25, 0.3) is 0 Å². The maximum Gasteiger partial charge on any atom is 0.434 e. The Kier molecular flexibility index (Phi) is 7.81. The summed E-state index contributed by atoms with van der Waals surface area (Å²) in [4.78, 5) is 30.5. The molecule has 1 aromatic heterocycles. The Morgan fingerprint density at radius 1 is 1.19 bits per heavy atom. The van der Waals surface area contributed by atoms with Crippen molar-refractivity contribution in [3.05, 3.63) is 46.6 Å². The fourth-order valence-corrected chi connectivity index (χ4v) is 3.80. The van der Waals surface area contributed by atoms with E-state index in [0.29, 0.717) is 5.69 Å². The second-order valence-corrected chi connectivity index (χ2v) is 7.59. The Hall–Kier alpha value is -4.15. The van der Waals surface area contributed by atoms with E-state index in [4.69, 9.17) is 0 Å². The van der Waals surface area contributed by atoms with Gasteiger partial charge in [-0.1, -0.05) is 6.92 Å². The summed E-state index contributed by atoms with van der Waals surface area (Å²) in [5.74, 6) is -2.21. The van der Waals surface area contributed by atoms with Gasteiger partial charge in [0.1, 0.15) is 17.6 Å². The maximum atomic E-state index is 13.6. The normalized spacial score (nSPS) is 13.9. The summed E-state index contributed by atoms with van der Waals surface area (Å²) < 4.78 is 69.6. The van der Waals surface area contributed by atoms with Crippen molar-refractivity contribution in [1.82, 2.24) is 9.88 Å². The number of alkyl halides is 5. The summed E-state index contributed by atoms with van der Waals surface area (Å²) in [5, 5.41) is 21.6. The summed E-state index contributed by atoms with van der Waals surface area (Å²) in [5.41, 5.74) is -2.84. The van der Waals surface area contributed by atoms with E-state index in [1.54, 1.807) is 6.07 Å². The third-order valence-corrected chi connectivity index (χ3v) is 5.43. The Labute approximate surface area is 201 Å². The lowest BCUT2D eigenvalue weighted by Crippen LogP contribution is -2.50. The number of aromatic carboxylic acids is 1. The fraction of sp³-hybridized carbons (Fsp3) is 0.364. The van der Waals surface area contributed by atoms with Gasteiger partial charge in [-0.2, -0.15) is 27.2 Å². The lowest BCUT2D eigenvalue weighted by molar-refractivity contribution is -0.141. The van der Waals surface area contributed by atoms with Gasteiger partial charge in [-0.15, -0.1) is 0 Å². The Bertz CT molecular complexity index is 1170. The van der Waals surface area contributed by atoms with Crippen molar-refractivity contribution in [3.8, 4) is 11.8 Å². The Morgan fingerprint density at radius 2 is 1.81 bits per heavy atom. The predicted octanol–water partition coefficient (Wildman–Crippen LogP) is 4.19. The summed E-state index contributed by atoms with van der Waals surface area (Å²) in [6.07, 6.45) is -5.19. The topological polar surface area (TPSA) is 119 Å². The number of anilines is 2. The third-order valence-electron chi connectivity index (χ3n) is 5.43. The second kappa shape index (κ2) is 10.6. The maximum absolute atomic E-state index is 13.6. The van der Waals surface area contributed by atoms with Crippen molar-refractivity contribution in [2.45, 2.75) is 26.1 Å². The van der Waals surface area contributed by atoms with Crippen LogP contribution in [-0.2, 0) is 12.6 Å². The monoisotopic (exact) mass is 513 g/mol. The second-order valence-electron chi connectivity index (χ2n) is 7.59. The van der Waals surface area contributed by atoms with Crippen LogP contribution in [0.4, 0.5) is 38.3 Å². The SMILES string of the molecule is CCc1c(C#N)c(N2CCN(C(=O)Nc3ccc(OC(F)F)cc3)CC2)nc(C(F)(F)F)c1C(=O)O. The molecule has 1 aromatic carbocycles. The average molecular weight is 513 g/mol. The van der Waals surface area contributed by atoms with Crippen LogP contribution < -0.4 is 15.0 Å². The Balaban J connectivity index is 1.78. The van der Waals surface area contributed by atoms with Gasteiger partial charge >= 0.3 is 24.8 Å². The molecule has 2 aromatic rings. The highest BCUT2D eigenvalue weighted by Gasteiger charge is 2.41. The van der Waals surface area contributed by atoms with E-state index in [9.17, 15) is 41.9 Å². The number of nitrogens with one attached hydrogen (secondary N) is 1. The molecule has 0 saturated carbocycles. The number of amides is 2. The van der Waals surface area contributed by atoms with Crippen LogP contribution in [0.5, 0.6) is 5.75 Å². The van der Waals surface area contributed by atoms with Gasteiger partial charge in [-0.25, -0.2) is 14.6 Å². The molecule has 0 spiro atoms. The van der Waals surface area contributed by atoms with Crippen LogP contribution in [0.2, 0.25) is 0 Å². The zero-order chi connectivity index (χ0) is 26.6. The number of ether oxygens (including phenoxy) is 1. The molecule has 0 bridgehead atoms. The minimum Gasteiger partial charge on any atom is -0.478 e. The summed E-state index contributed by atoms with van der Waals surface area (Å²) in [6, 6.07) is 6.48. The van der Waals surface area contributed by atoms with E-state index in [-0.39, 0.29) is 55.3 Å². The number of carbonyl (C=O) groups excluding carboxylic acids is 1. The number of carbonyl (C=O) groups is 2. The molecule has 2 heterocycles. The lowest BCUT2D eigenvalue weighted by atomic mass is 9.97. The van der Waals surface area contributed by atoms with Crippen molar-refractivity contribution >= 4 is 23.5 Å². The molecular formula is C22H20F5N5O4. The summed E-state index contributed by atoms with van der Waals surface area (Å²) in [6.45, 7) is -1.35. The highest BCUT2D eigenvalue weighted by atomic mass is 19.4. The number of urea groups is 1. The molecule has 9 nitrogen and oxygen atoms in total. The summed E-state index contributed by atoms with van der Waals surface area (Å²) >= 11 is 0. The van der Waals surface area contributed by atoms with Crippen molar-refractivity contribution in [2.24, 2.45) is 0 Å². The molecule has 1 fully saturated rings. The smallest absolute Gasteiger partial charge is 0.434 e. The first-order chi connectivity index (χ1) is 17.0. The van der Waals surface area contributed by atoms with Gasteiger partial charge in [0.15, 0.2) is 5.69 Å². The van der Waals surface area contributed by atoms with E-state index < -0.39 is 36.0 Å². The quantitative estimate of drug-likeness (QED) is 0.556. The zero-order valence-corrected chi connectivity index (χ0v) is 18.8. The van der Waals surface area contributed by atoms with Crippen molar-refractivity contribution in [2.75, 3.05) is 36.4 Å². The van der Waals surface area contributed by atoms with Crippen LogP contribution in [0.3, 0.4) is 0 Å². The van der Waals surface area contributed by atoms with Gasteiger partial charge in [-0.05, 0) is 36.2 Å². The molecule has 1 aliphatic rings. The molecule has 0 radical (unpaired) electrons. The van der Waals surface area contributed by atoms with Crippen LogP contribution in [0.25, 0.3) is 0 Å². The van der Waals surface area contributed by atoms with Crippen molar-refractivity contribution in [3.63, 3.8) is 0 Å². The number of rotatable bonds is 6. The minimum absolute atomic E-state index is 0.0309. The van der Waals surface area contributed by atoms with E-state index >= 15 is 0 Å². The number of pyridine rings is 1. The van der Waals surface area contributed by atoms with E-state index in [0.717, 1.165) is 0 Å². The number of benzene rings is 1. The number of aromatic nitrogens is 1. The van der Waals surface area contributed by atoms with Crippen LogP contribution in [0.15, 0.2) is 24.3 Å². The highest BCUT2D eigenvalue weighted by molar-refractivity contribution is 5.93. The first-order valence-corrected chi connectivity index (χ1v) is 10.6. The number of halogens is 5. The first-order valence-electron chi connectivity index (χ1n) is 10.6. The molecule has 36 heavy (non-hydrogen) atoms. The van der Waals surface area contributed by atoms with Gasteiger partial charge < -0.3 is 25.0 Å². The van der Waals surface area contributed by atoms with Gasteiger partial charge in [0, 0.05) is 31.9 Å². The van der Waals surface area contributed by atoms with E-state index in [2.05, 4.69) is 15.0 Å². The van der Waals surface area contributed by atoms with Crippen LogP contribution >= 0.6 is 0 Å². The number of carboxylic acid groups (broad SMARTS) is 1. The van der Waals surface area contributed by atoms with E-state index in [1.165, 1.54) is 41.0 Å². The van der Waals surface area contributed by atoms with E-state index in [1.807, 2.05) is 0 Å². The zero-order valence-electron chi connectivity index (χ0n) is 18.8. The number of piperazine rings is 1. The minimum atomic E-state index is -5.06. The van der Waals surface area contributed by atoms with Crippen LogP contribution in [-0.4, -0.2) is 59.8 Å². The number of nitrogens with zero attached hydrogens (tertiary/aromatic N) is 4. The molecule has 1 aliphatic heterocycles. The molecular weight excluding hydrogens is 493 g/mol. The number of nitriles is 1. The fourth-order valence-electron chi connectivity index (χ4n) is 3.80. The third kappa shape index (κ3) is 5.73. The molecule has 1 saturated heterocycles. The molecule has 2 N–H and O–H groups in total. The lowest BCUT2D eigenvalue weighted by Gasteiger charge is -2.36. The molecule has 14 heteroatoms. The number of carboxylic acids is 1. The Morgan fingerprint density at radius 3 is 2.28 bits per heavy atom. The van der Waals surface area contributed by atoms with Gasteiger partial charge in [0.05, 0.1) is 11.1 Å². The van der Waals surface area contributed by atoms with Crippen LogP contribution in [0.1, 0.15) is 34.1 Å². The molecule has 192 valence electrons. The summed E-state index contributed by atoms with van der Waals surface area (Å²) in [7, 11) is 0. The van der Waals surface area contributed by atoms with Gasteiger partial charge in [-0.3, -0.25) is 0 Å².